The maximum atomic E-state index is 13.1. The molecule has 0 saturated carbocycles. The normalized spacial score (nSPS) is 10.4. The van der Waals surface area contributed by atoms with Gasteiger partial charge in [-0.05, 0) is 36.4 Å². The van der Waals surface area contributed by atoms with Crippen molar-refractivity contribution in [3.8, 4) is 29.4 Å². The van der Waals surface area contributed by atoms with Crippen LogP contribution in [-0.2, 0) is 0 Å². The van der Waals surface area contributed by atoms with Gasteiger partial charge in [0.1, 0.15) is 5.82 Å². The number of benzene rings is 2. The third-order valence-corrected chi connectivity index (χ3v) is 3.87. The maximum absolute atomic E-state index is 13.1. The molecule has 2 aromatic carbocycles. The largest absolute Gasteiger partial charge is 0.270 e. The van der Waals surface area contributed by atoms with Gasteiger partial charge >= 0.3 is 0 Å². The molecule has 0 unspecified atom stereocenters. The topological polar surface area (TPSA) is 30.7 Å². The van der Waals surface area contributed by atoms with Gasteiger partial charge < -0.3 is 0 Å². The molecular formula is C17H12FN3S. The number of nitrogens with zero attached hydrogens (tertiary/aromatic N) is 3. The Morgan fingerprint density at radius 2 is 1.77 bits per heavy atom. The molecule has 0 radical (unpaired) electrons. The van der Waals surface area contributed by atoms with Crippen molar-refractivity contribution in [2.24, 2.45) is 0 Å². The molecule has 0 aliphatic carbocycles. The number of thioether (sulfide) groups is 1. The lowest BCUT2D eigenvalue weighted by Crippen LogP contribution is -1.99. The van der Waals surface area contributed by atoms with Crippen LogP contribution in [0.3, 0.4) is 0 Å². The van der Waals surface area contributed by atoms with Gasteiger partial charge in [-0.3, -0.25) is 4.57 Å². The monoisotopic (exact) mass is 309 g/mol. The second kappa shape index (κ2) is 6.46. The fraction of sp³-hybridized carbons (Fsp3) is 0.0588. The number of aromatic nitrogens is 3. The highest BCUT2D eigenvalue weighted by molar-refractivity contribution is 7.99. The molecule has 3 nitrogen and oxygen atoms in total. The Labute approximate surface area is 132 Å². The Kier molecular flexibility index (Phi) is 4.22. The predicted octanol–water partition coefficient (Wildman–Crippen LogP) is 3.80. The average molecular weight is 309 g/mol. The lowest BCUT2D eigenvalue weighted by Gasteiger charge is -2.09. The summed E-state index contributed by atoms with van der Waals surface area (Å²) in [6, 6.07) is 16.0. The summed E-state index contributed by atoms with van der Waals surface area (Å²) >= 11 is 1.44. The Bertz CT molecular complexity index is 804. The van der Waals surface area contributed by atoms with Crippen molar-refractivity contribution in [2.45, 2.75) is 5.16 Å². The summed E-state index contributed by atoms with van der Waals surface area (Å²) in [4.78, 5) is 0. The average Bonchev–Trinajstić information content (AvgIpc) is 2.98. The van der Waals surface area contributed by atoms with Crippen molar-refractivity contribution in [3.63, 3.8) is 0 Å². The first-order chi connectivity index (χ1) is 10.8. The summed E-state index contributed by atoms with van der Waals surface area (Å²) in [7, 11) is 0. The number of para-hydroxylation sites is 1. The van der Waals surface area contributed by atoms with Crippen LogP contribution >= 0.6 is 11.8 Å². The van der Waals surface area contributed by atoms with Crippen LogP contribution in [0.5, 0.6) is 0 Å². The lowest BCUT2D eigenvalue weighted by atomic mass is 10.2. The van der Waals surface area contributed by atoms with Gasteiger partial charge in [-0.1, -0.05) is 35.9 Å². The van der Waals surface area contributed by atoms with E-state index in [4.69, 9.17) is 6.42 Å². The molecule has 0 N–H and O–H groups in total. The minimum atomic E-state index is -0.281. The molecule has 0 aliphatic rings. The quantitative estimate of drug-likeness (QED) is 0.542. The first-order valence-electron chi connectivity index (χ1n) is 6.62. The highest BCUT2D eigenvalue weighted by Crippen LogP contribution is 2.27. The van der Waals surface area contributed by atoms with Gasteiger partial charge in [-0.15, -0.1) is 16.6 Å². The van der Waals surface area contributed by atoms with Crippen LogP contribution in [0.15, 0.2) is 59.8 Å². The van der Waals surface area contributed by atoms with Crippen molar-refractivity contribution in [3.05, 3.63) is 60.4 Å². The molecule has 22 heavy (non-hydrogen) atoms. The highest BCUT2D eigenvalue weighted by atomic mass is 32.2. The van der Waals surface area contributed by atoms with E-state index < -0.39 is 0 Å². The van der Waals surface area contributed by atoms with Gasteiger partial charge in [-0.2, -0.15) is 0 Å². The van der Waals surface area contributed by atoms with Crippen molar-refractivity contribution >= 4 is 11.8 Å². The van der Waals surface area contributed by atoms with Crippen molar-refractivity contribution in [2.75, 3.05) is 5.75 Å². The molecule has 0 spiro atoms. The van der Waals surface area contributed by atoms with Crippen molar-refractivity contribution < 1.29 is 4.39 Å². The van der Waals surface area contributed by atoms with Crippen LogP contribution in [0.4, 0.5) is 4.39 Å². The molecule has 3 rings (SSSR count). The molecule has 1 heterocycles. The van der Waals surface area contributed by atoms with Crippen LogP contribution in [0.25, 0.3) is 17.1 Å². The Hall–Kier alpha value is -2.58. The molecule has 0 atom stereocenters. The summed E-state index contributed by atoms with van der Waals surface area (Å²) in [6.45, 7) is 0. The predicted molar refractivity (Wildman–Crippen MR) is 86.3 cm³/mol. The van der Waals surface area contributed by atoms with Gasteiger partial charge in [0.2, 0.25) is 0 Å². The summed E-state index contributed by atoms with van der Waals surface area (Å²) in [5.74, 6) is 3.47. The summed E-state index contributed by atoms with van der Waals surface area (Å²) in [5.41, 5.74) is 1.73. The molecule has 3 aromatic rings. The number of hydrogen-bond acceptors (Lipinski definition) is 3. The molecule has 5 heteroatoms. The van der Waals surface area contributed by atoms with E-state index in [1.165, 1.54) is 23.9 Å². The maximum Gasteiger partial charge on any atom is 0.197 e. The minimum absolute atomic E-state index is 0.281. The van der Waals surface area contributed by atoms with E-state index in [1.807, 2.05) is 34.9 Å². The smallest absolute Gasteiger partial charge is 0.197 e. The van der Waals surface area contributed by atoms with Gasteiger partial charge in [0.05, 0.1) is 5.75 Å². The summed E-state index contributed by atoms with van der Waals surface area (Å²) in [5, 5.41) is 9.17. The standard InChI is InChI=1S/C17H12FN3S/c1-2-12-22-17-20-19-16(13-8-10-14(18)11-9-13)21(17)15-6-4-3-5-7-15/h1,3-11H,12H2. The fourth-order valence-electron chi connectivity index (χ4n) is 2.07. The van der Waals surface area contributed by atoms with E-state index in [-0.39, 0.29) is 5.82 Å². The first kappa shape index (κ1) is 14.4. The number of hydrogen-bond donors (Lipinski definition) is 0. The number of rotatable bonds is 4. The molecule has 0 aliphatic heterocycles. The Morgan fingerprint density at radius 3 is 2.45 bits per heavy atom. The summed E-state index contributed by atoms with van der Waals surface area (Å²) in [6.07, 6.45) is 5.33. The van der Waals surface area contributed by atoms with E-state index >= 15 is 0 Å². The SMILES string of the molecule is C#CCSc1nnc(-c2ccc(F)cc2)n1-c1ccccc1. The molecular weight excluding hydrogens is 297 g/mol. The van der Waals surface area contributed by atoms with E-state index in [0.29, 0.717) is 16.7 Å². The van der Waals surface area contributed by atoms with Crippen LogP contribution in [0, 0.1) is 18.2 Å². The van der Waals surface area contributed by atoms with Gasteiger partial charge in [0, 0.05) is 11.3 Å². The minimum Gasteiger partial charge on any atom is -0.270 e. The third-order valence-electron chi connectivity index (χ3n) is 3.03. The second-order valence-corrected chi connectivity index (χ2v) is 5.42. The van der Waals surface area contributed by atoms with Gasteiger partial charge in [0.15, 0.2) is 11.0 Å². The van der Waals surface area contributed by atoms with Crippen LogP contribution in [-0.4, -0.2) is 20.5 Å². The fourth-order valence-corrected chi connectivity index (χ4v) is 2.70. The summed E-state index contributed by atoms with van der Waals surface area (Å²) < 4.78 is 15.1. The van der Waals surface area contributed by atoms with E-state index in [0.717, 1.165) is 11.3 Å². The number of halogens is 1. The molecule has 0 fully saturated rings. The van der Waals surface area contributed by atoms with Crippen molar-refractivity contribution in [1.29, 1.82) is 0 Å². The van der Waals surface area contributed by atoms with E-state index in [1.54, 1.807) is 12.1 Å². The Balaban J connectivity index is 2.12. The molecule has 108 valence electrons. The number of terminal acetylenes is 1. The van der Waals surface area contributed by atoms with E-state index in [9.17, 15) is 4.39 Å². The Morgan fingerprint density at radius 1 is 1.05 bits per heavy atom. The van der Waals surface area contributed by atoms with Gasteiger partial charge in [0.25, 0.3) is 0 Å². The van der Waals surface area contributed by atoms with Crippen LogP contribution in [0.2, 0.25) is 0 Å². The van der Waals surface area contributed by atoms with E-state index in [2.05, 4.69) is 16.1 Å². The molecule has 1 aromatic heterocycles. The first-order valence-corrected chi connectivity index (χ1v) is 7.61. The molecule has 0 amide bonds. The third kappa shape index (κ3) is 2.87. The van der Waals surface area contributed by atoms with Gasteiger partial charge in [-0.25, -0.2) is 4.39 Å². The zero-order chi connectivity index (χ0) is 15.4. The highest BCUT2D eigenvalue weighted by Gasteiger charge is 2.15. The second-order valence-electron chi connectivity index (χ2n) is 4.48. The zero-order valence-corrected chi connectivity index (χ0v) is 12.4. The molecule has 0 saturated heterocycles. The van der Waals surface area contributed by atoms with Crippen LogP contribution in [0.1, 0.15) is 0 Å². The lowest BCUT2D eigenvalue weighted by molar-refractivity contribution is 0.628. The zero-order valence-electron chi connectivity index (χ0n) is 11.6. The van der Waals surface area contributed by atoms with Crippen LogP contribution < -0.4 is 0 Å². The van der Waals surface area contributed by atoms with Crippen molar-refractivity contribution in [1.82, 2.24) is 14.8 Å². The molecule has 0 bridgehead atoms.